The second-order valence-electron chi connectivity index (χ2n) is 2.54. The Kier molecular flexibility index (Phi) is 2.90. The molecule has 0 amide bonds. The first-order valence-corrected chi connectivity index (χ1v) is 3.83. The van der Waals surface area contributed by atoms with Crippen LogP contribution in [-0.2, 0) is 4.74 Å². The molecule has 0 aromatic heterocycles. The zero-order valence-electron chi connectivity index (χ0n) is 6.34. The topological polar surface area (TPSA) is 29.5 Å². The molecular formula is C8H14O2. The Balaban J connectivity index is 2.44. The molecule has 1 aliphatic heterocycles. The van der Waals surface area contributed by atoms with E-state index in [9.17, 15) is 5.11 Å². The fourth-order valence-electron chi connectivity index (χ4n) is 1.15. The van der Waals surface area contributed by atoms with Gasteiger partial charge in [-0.2, -0.15) is 0 Å². The van der Waals surface area contributed by atoms with Crippen LogP contribution in [0.25, 0.3) is 0 Å². The van der Waals surface area contributed by atoms with Gasteiger partial charge in [0.05, 0.1) is 6.61 Å². The van der Waals surface area contributed by atoms with Crippen LogP contribution in [0.4, 0.5) is 0 Å². The molecule has 1 heterocycles. The van der Waals surface area contributed by atoms with Crippen LogP contribution in [0, 0.1) is 0 Å². The molecule has 0 aromatic carbocycles. The normalized spacial score (nSPS) is 26.2. The zero-order valence-corrected chi connectivity index (χ0v) is 6.34. The van der Waals surface area contributed by atoms with Crippen molar-refractivity contribution in [3.05, 3.63) is 11.6 Å². The predicted octanol–water partition coefficient (Wildman–Crippen LogP) is 1.45. The van der Waals surface area contributed by atoms with Gasteiger partial charge in [0.1, 0.15) is 0 Å². The summed E-state index contributed by atoms with van der Waals surface area (Å²) in [6.07, 6.45) is 4.45. The standard InChI is InChI=1S/C8H14O2/c1-2-4-7-5-3-6-10-8(7)9/h5,8-9H,2-4,6H2,1H3. The van der Waals surface area contributed by atoms with E-state index in [1.807, 2.05) is 0 Å². The van der Waals surface area contributed by atoms with E-state index in [1.54, 1.807) is 0 Å². The third-order valence-electron chi connectivity index (χ3n) is 1.66. The van der Waals surface area contributed by atoms with Crippen LogP contribution < -0.4 is 0 Å². The van der Waals surface area contributed by atoms with E-state index in [0.717, 1.165) is 24.8 Å². The van der Waals surface area contributed by atoms with Crippen molar-refractivity contribution in [2.75, 3.05) is 6.61 Å². The molecule has 1 N–H and O–H groups in total. The Morgan fingerprint density at radius 3 is 3.20 bits per heavy atom. The second kappa shape index (κ2) is 3.74. The van der Waals surface area contributed by atoms with Gasteiger partial charge in [-0.1, -0.05) is 19.4 Å². The highest BCUT2D eigenvalue weighted by atomic mass is 16.6. The first kappa shape index (κ1) is 7.76. The van der Waals surface area contributed by atoms with Crippen molar-refractivity contribution in [2.24, 2.45) is 0 Å². The van der Waals surface area contributed by atoms with Crippen molar-refractivity contribution in [2.45, 2.75) is 32.5 Å². The van der Waals surface area contributed by atoms with Crippen LogP contribution in [0.1, 0.15) is 26.2 Å². The number of rotatable bonds is 2. The molecule has 10 heavy (non-hydrogen) atoms. The molecule has 0 bridgehead atoms. The van der Waals surface area contributed by atoms with Crippen LogP contribution in [-0.4, -0.2) is 18.0 Å². The number of hydrogen-bond acceptors (Lipinski definition) is 2. The summed E-state index contributed by atoms with van der Waals surface area (Å²) in [5.74, 6) is 0. The summed E-state index contributed by atoms with van der Waals surface area (Å²) in [5.41, 5.74) is 1.05. The molecule has 2 heteroatoms. The van der Waals surface area contributed by atoms with Gasteiger partial charge in [0, 0.05) is 0 Å². The maximum atomic E-state index is 9.21. The SMILES string of the molecule is CCCC1=CCCOC1O. The third kappa shape index (κ3) is 1.82. The smallest absolute Gasteiger partial charge is 0.177 e. The van der Waals surface area contributed by atoms with Gasteiger partial charge in [-0.15, -0.1) is 0 Å². The highest BCUT2D eigenvalue weighted by Crippen LogP contribution is 2.16. The molecule has 1 unspecified atom stereocenters. The predicted molar refractivity (Wildman–Crippen MR) is 39.6 cm³/mol. The molecule has 0 saturated heterocycles. The summed E-state index contributed by atoms with van der Waals surface area (Å²) in [5, 5.41) is 9.21. The van der Waals surface area contributed by atoms with E-state index >= 15 is 0 Å². The number of aliphatic hydroxyl groups is 1. The van der Waals surface area contributed by atoms with Crippen molar-refractivity contribution in [1.29, 1.82) is 0 Å². The zero-order chi connectivity index (χ0) is 7.40. The Morgan fingerprint density at radius 2 is 2.60 bits per heavy atom. The number of aliphatic hydroxyl groups excluding tert-OH is 1. The molecule has 0 radical (unpaired) electrons. The minimum absolute atomic E-state index is 0.617. The molecule has 0 spiro atoms. The Morgan fingerprint density at radius 1 is 1.80 bits per heavy atom. The largest absolute Gasteiger partial charge is 0.364 e. The van der Waals surface area contributed by atoms with E-state index in [4.69, 9.17) is 4.74 Å². The maximum absolute atomic E-state index is 9.21. The van der Waals surface area contributed by atoms with Crippen LogP contribution in [0.15, 0.2) is 11.6 Å². The van der Waals surface area contributed by atoms with Gasteiger partial charge in [-0.05, 0) is 18.4 Å². The van der Waals surface area contributed by atoms with E-state index in [-0.39, 0.29) is 0 Å². The van der Waals surface area contributed by atoms with E-state index in [0.29, 0.717) is 6.61 Å². The summed E-state index contributed by atoms with van der Waals surface area (Å²) in [6.45, 7) is 2.76. The van der Waals surface area contributed by atoms with Crippen LogP contribution in [0.3, 0.4) is 0 Å². The van der Waals surface area contributed by atoms with Gasteiger partial charge in [-0.3, -0.25) is 0 Å². The fourth-order valence-corrected chi connectivity index (χ4v) is 1.15. The summed E-state index contributed by atoms with van der Waals surface area (Å²) >= 11 is 0. The highest BCUT2D eigenvalue weighted by molar-refractivity contribution is 5.06. The fraction of sp³-hybridized carbons (Fsp3) is 0.750. The van der Waals surface area contributed by atoms with Gasteiger partial charge >= 0.3 is 0 Å². The Bertz CT molecular complexity index is 129. The van der Waals surface area contributed by atoms with Crippen molar-refractivity contribution >= 4 is 0 Å². The lowest BCUT2D eigenvalue weighted by atomic mass is 10.1. The molecule has 0 aliphatic carbocycles. The second-order valence-corrected chi connectivity index (χ2v) is 2.54. The minimum atomic E-state index is -0.617. The molecule has 1 aliphatic rings. The van der Waals surface area contributed by atoms with E-state index in [1.165, 1.54) is 0 Å². The van der Waals surface area contributed by atoms with Gasteiger partial charge < -0.3 is 9.84 Å². The highest BCUT2D eigenvalue weighted by Gasteiger charge is 2.12. The van der Waals surface area contributed by atoms with Crippen molar-refractivity contribution in [3.63, 3.8) is 0 Å². The molecule has 2 nitrogen and oxygen atoms in total. The lowest BCUT2D eigenvalue weighted by Gasteiger charge is -2.19. The van der Waals surface area contributed by atoms with Gasteiger partial charge in [0.2, 0.25) is 0 Å². The summed E-state index contributed by atoms with van der Waals surface area (Å²) in [4.78, 5) is 0. The molecule has 1 atom stereocenters. The molecular weight excluding hydrogens is 128 g/mol. The maximum Gasteiger partial charge on any atom is 0.177 e. The number of ether oxygens (including phenoxy) is 1. The summed E-state index contributed by atoms with van der Waals surface area (Å²) in [7, 11) is 0. The lowest BCUT2D eigenvalue weighted by Crippen LogP contribution is -2.19. The monoisotopic (exact) mass is 142 g/mol. The summed E-state index contributed by atoms with van der Waals surface area (Å²) < 4.78 is 5.03. The minimum Gasteiger partial charge on any atom is -0.364 e. The molecule has 1 rings (SSSR count). The average Bonchev–Trinajstić information content (AvgIpc) is 1.94. The van der Waals surface area contributed by atoms with Crippen molar-refractivity contribution in [1.82, 2.24) is 0 Å². The van der Waals surface area contributed by atoms with E-state index < -0.39 is 6.29 Å². The average molecular weight is 142 g/mol. The van der Waals surface area contributed by atoms with Crippen molar-refractivity contribution in [3.8, 4) is 0 Å². The summed E-state index contributed by atoms with van der Waals surface area (Å²) in [6, 6.07) is 0. The molecule has 0 aromatic rings. The third-order valence-corrected chi connectivity index (χ3v) is 1.66. The lowest BCUT2D eigenvalue weighted by molar-refractivity contribution is -0.0795. The quantitative estimate of drug-likeness (QED) is 0.591. The van der Waals surface area contributed by atoms with Gasteiger partial charge in [0.25, 0.3) is 0 Å². The van der Waals surface area contributed by atoms with Crippen molar-refractivity contribution < 1.29 is 9.84 Å². The number of hydrogen-bond donors (Lipinski definition) is 1. The van der Waals surface area contributed by atoms with E-state index in [2.05, 4.69) is 13.0 Å². The van der Waals surface area contributed by atoms with Gasteiger partial charge in [-0.25, -0.2) is 0 Å². The first-order chi connectivity index (χ1) is 4.84. The van der Waals surface area contributed by atoms with Crippen LogP contribution in [0.5, 0.6) is 0 Å². The van der Waals surface area contributed by atoms with Gasteiger partial charge in [0.15, 0.2) is 6.29 Å². The first-order valence-electron chi connectivity index (χ1n) is 3.83. The van der Waals surface area contributed by atoms with Crippen LogP contribution in [0.2, 0.25) is 0 Å². The van der Waals surface area contributed by atoms with Crippen LogP contribution >= 0.6 is 0 Å². The Hall–Kier alpha value is -0.340. The molecule has 58 valence electrons. The Labute approximate surface area is 61.5 Å². The molecule has 0 saturated carbocycles. The molecule has 0 fully saturated rings.